The summed E-state index contributed by atoms with van der Waals surface area (Å²) in [5, 5.41) is 9.16. The molecule has 6 nitrogen and oxygen atoms in total. The van der Waals surface area contributed by atoms with Crippen molar-refractivity contribution >= 4 is 5.91 Å². The number of carbonyl (C=O) groups excluding carboxylic acids is 1. The zero-order valence-corrected chi connectivity index (χ0v) is 11.4. The van der Waals surface area contributed by atoms with Gasteiger partial charge in [-0.3, -0.25) is 15.1 Å². The van der Waals surface area contributed by atoms with Gasteiger partial charge in [0.05, 0.1) is 25.7 Å². The van der Waals surface area contributed by atoms with E-state index in [1.807, 2.05) is 24.3 Å². The molecule has 1 amide bonds. The van der Waals surface area contributed by atoms with Crippen LogP contribution in [0.1, 0.15) is 11.1 Å². The summed E-state index contributed by atoms with van der Waals surface area (Å²) in [5.41, 5.74) is 4.24. The SMILES string of the molecule is NNC(=O)Cc1ccccc1CN1CCOC(CO)C1. The molecule has 1 heterocycles. The topological polar surface area (TPSA) is 87.8 Å². The van der Waals surface area contributed by atoms with Crippen molar-refractivity contribution in [3.63, 3.8) is 0 Å². The molecule has 0 radical (unpaired) electrons. The normalized spacial score (nSPS) is 19.8. The van der Waals surface area contributed by atoms with Crippen LogP contribution in [0.2, 0.25) is 0 Å². The highest BCUT2D eigenvalue weighted by Gasteiger charge is 2.20. The van der Waals surface area contributed by atoms with Crippen molar-refractivity contribution < 1.29 is 14.6 Å². The average Bonchev–Trinajstić information content (AvgIpc) is 2.49. The highest BCUT2D eigenvalue weighted by Crippen LogP contribution is 2.15. The largest absolute Gasteiger partial charge is 0.394 e. The van der Waals surface area contributed by atoms with Crippen molar-refractivity contribution in [2.24, 2.45) is 5.84 Å². The maximum Gasteiger partial charge on any atom is 0.238 e. The van der Waals surface area contributed by atoms with Gasteiger partial charge in [0.1, 0.15) is 0 Å². The van der Waals surface area contributed by atoms with E-state index in [0.717, 1.165) is 24.2 Å². The van der Waals surface area contributed by atoms with Gasteiger partial charge in [-0.15, -0.1) is 0 Å². The summed E-state index contributed by atoms with van der Waals surface area (Å²) in [6.45, 7) is 2.93. The fourth-order valence-corrected chi connectivity index (χ4v) is 2.38. The van der Waals surface area contributed by atoms with Gasteiger partial charge in [-0.2, -0.15) is 0 Å². The Morgan fingerprint density at radius 1 is 1.45 bits per heavy atom. The molecule has 0 spiro atoms. The fourth-order valence-electron chi connectivity index (χ4n) is 2.38. The molecule has 110 valence electrons. The number of amides is 1. The second-order valence-electron chi connectivity index (χ2n) is 4.92. The van der Waals surface area contributed by atoms with Crippen LogP contribution in [0.25, 0.3) is 0 Å². The maximum atomic E-state index is 11.4. The van der Waals surface area contributed by atoms with E-state index in [9.17, 15) is 4.79 Å². The smallest absolute Gasteiger partial charge is 0.238 e. The number of aliphatic hydroxyl groups is 1. The number of carbonyl (C=O) groups is 1. The molecule has 1 atom stereocenters. The van der Waals surface area contributed by atoms with E-state index < -0.39 is 0 Å². The number of benzene rings is 1. The van der Waals surface area contributed by atoms with Crippen LogP contribution in [0, 0.1) is 0 Å². The first-order valence-corrected chi connectivity index (χ1v) is 6.74. The molecule has 1 unspecified atom stereocenters. The number of aliphatic hydroxyl groups excluding tert-OH is 1. The van der Waals surface area contributed by atoms with Gasteiger partial charge in [0.15, 0.2) is 0 Å². The van der Waals surface area contributed by atoms with Gasteiger partial charge in [0.2, 0.25) is 5.91 Å². The summed E-state index contributed by atoms with van der Waals surface area (Å²) in [7, 11) is 0. The molecule has 20 heavy (non-hydrogen) atoms. The Labute approximate surface area is 118 Å². The molecule has 1 aromatic rings. The Morgan fingerprint density at radius 2 is 2.20 bits per heavy atom. The monoisotopic (exact) mass is 279 g/mol. The predicted molar refractivity (Wildman–Crippen MR) is 74.6 cm³/mol. The zero-order chi connectivity index (χ0) is 14.4. The lowest BCUT2D eigenvalue weighted by Crippen LogP contribution is -2.43. The summed E-state index contributed by atoms with van der Waals surface area (Å²) in [4.78, 5) is 13.6. The molecule has 2 rings (SSSR count). The van der Waals surface area contributed by atoms with Crippen LogP contribution < -0.4 is 11.3 Å². The van der Waals surface area contributed by atoms with Crippen molar-refractivity contribution in [1.29, 1.82) is 0 Å². The highest BCUT2D eigenvalue weighted by molar-refractivity contribution is 5.78. The third-order valence-electron chi connectivity index (χ3n) is 3.45. The molecular formula is C14H21N3O3. The maximum absolute atomic E-state index is 11.4. The van der Waals surface area contributed by atoms with E-state index in [1.165, 1.54) is 0 Å². The zero-order valence-electron chi connectivity index (χ0n) is 11.4. The predicted octanol–water partition coefficient (Wildman–Crippen LogP) is -0.588. The quantitative estimate of drug-likeness (QED) is 0.381. The van der Waals surface area contributed by atoms with Crippen LogP contribution in [-0.4, -0.2) is 48.3 Å². The van der Waals surface area contributed by atoms with Gasteiger partial charge in [-0.05, 0) is 11.1 Å². The van der Waals surface area contributed by atoms with Gasteiger partial charge in [0.25, 0.3) is 0 Å². The van der Waals surface area contributed by atoms with Crippen LogP contribution in [0.3, 0.4) is 0 Å². The third-order valence-corrected chi connectivity index (χ3v) is 3.45. The van der Waals surface area contributed by atoms with Crippen LogP contribution >= 0.6 is 0 Å². The number of hydrogen-bond acceptors (Lipinski definition) is 5. The Hall–Kier alpha value is -1.47. The first-order chi connectivity index (χ1) is 9.72. The molecule has 1 fully saturated rings. The van der Waals surface area contributed by atoms with Crippen molar-refractivity contribution in [3.05, 3.63) is 35.4 Å². The number of morpholine rings is 1. The molecule has 1 aliphatic rings. The van der Waals surface area contributed by atoms with Crippen LogP contribution in [-0.2, 0) is 22.5 Å². The molecule has 0 aliphatic carbocycles. The summed E-state index contributed by atoms with van der Waals surface area (Å²) in [5.74, 6) is 4.93. The summed E-state index contributed by atoms with van der Waals surface area (Å²) >= 11 is 0. The lowest BCUT2D eigenvalue weighted by Gasteiger charge is -2.32. The Kier molecular flexibility index (Phi) is 5.49. The second-order valence-corrected chi connectivity index (χ2v) is 4.92. The molecule has 1 aromatic carbocycles. The molecule has 0 aromatic heterocycles. The summed E-state index contributed by atoms with van der Waals surface area (Å²) < 4.78 is 5.43. The average molecular weight is 279 g/mol. The Bertz CT molecular complexity index is 453. The minimum atomic E-state index is -0.201. The fraction of sp³-hybridized carbons (Fsp3) is 0.500. The number of hydrogen-bond donors (Lipinski definition) is 3. The van der Waals surface area contributed by atoms with Crippen LogP contribution in [0.5, 0.6) is 0 Å². The first-order valence-electron chi connectivity index (χ1n) is 6.74. The second kappa shape index (κ2) is 7.35. The van der Waals surface area contributed by atoms with E-state index in [1.54, 1.807) is 0 Å². The van der Waals surface area contributed by atoms with E-state index in [4.69, 9.17) is 15.7 Å². The minimum absolute atomic E-state index is 0.0354. The minimum Gasteiger partial charge on any atom is -0.394 e. The number of ether oxygens (including phenoxy) is 1. The standard InChI is InChI=1S/C14H21N3O3/c15-16-14(19)7-11-3-1-2-4-12(11)8-17-5-6-20-13(9-17)10-18/h1-4,13,18H,5-10,15H2,(H,16,19). The molecule has 0 saturated carbocycles. The van der Waals surface area contributed by atoms with Crippen molar-refractivity contribution in [1.82, 2.24) is 10.3 Å². The molecular weight excluding hydrogens is 258 g/mol. The number of hydrazine groups is 1. The molecule has 1 aliphatic heterocycles. The van der Waals surface area contributed by atoms with E-state index in [-0.39, 0.29) is 25.0 Å². The number of nitrogens with zero attached hydrogens (tertiary/aromatic N) is 1. The first kappa shape index (κ1) is 14.9. The Morgan fingerprint density at radius 3 is 2.90 bits per heavy atom. The van der Waals surface area contributed by atoms with E-state index in [0.29, 0.717) is 13.2 Å². The van der Waals surface area contributed by atoms with Crippen molar-refractivity contribution in [3.8, 4) is 0 Å². The number of nitrogens with one attached hydrogen (secondary N) is 1. The lowest BCUT2D eigenvalue weighted by molar-refractivity contribution is -0.120. The molecule has 6 heteroatoms. The lowest BCUT2D eigenvalue weighted by atomic mass is 10.0. The Balaban J connectivity index is 2.03. The molecule has 1 saturated heterocycles. The molecule has 4 N–H and O–H groups in total. The van der Waals surface area contributed by atoms with Gasteiger partial charge in [-0.1, -0.05) is 24.3 Å². The summed E-state index contributed by atoms with van der Waals surface area (Å²) in [6.07, 6.45) is 0.156. The number of nitrogens with two attached hydrogens (primary N) is 1. The van der Waals surface area contributed by atoms with E-state index >= 15 is 0 Å². The van der Waals surface area contributed by atoms with Gasteiger partial charge in [0, 0.05) is 19.6 Å². The third kappa shape index (κ3) is 4.01. The van der Waals surface area contributed by atoms with E-state index in [2.05, 4.69) is 10.3 Å². The number of rotatable bonds is 5. The van der Waals surface area contributed by atoms with Crippen LogP contribution in [0.15, 0.2) is 24.3 Å². The molecule has 0 bridgehead atoms. The van der Waals surface area contributed by atoms with Gasteiger partial charge >= 0.3 is 0 Å². The van der Waals surface area contributed by atoms with Crippen molar-refractivity contribution in [2.75, 3.05) is 26.3 Å². The van der Waals surface area contributed by atoms with Crippen molar-refractivity contribution in [2.45, 2.75) is 19.1 Å². The summed E-state index contributed by atoms with van der Waals surface area (Å²) in [6, 6.07) is 7.83. The van der Waals surface area contributed by atoms with Gasteiger partial charge in [-0.25, -0.2) is 5.84 Å². The van der Waals surface area contributed by atoms with Gasteiger partial charge < -0.3 is 9.84 Å². The van der Waals surface area contributed by atoms with Crippen LogP contribution in [0.4, 0.5) is 0 Å². The highest BCUT2D eigenvalue weighted by atomic mass is 16.5.